The number of hydrogen-bond acceptors (Lipinski definition) is 4. The monoisotopic (exact) mass is 259 g/mol. The summed E-state index contributed by atoms with van der Waals surface area (Å²) in [5.74, 6) is 1.04. The first-order chi connectivity index (χ1) is 9.28. The molecule has 1 aliphatic rings. The average Bonchev–Trinajstić information content (AvgIpc) is 3.03. The smallest absolute Gasteiger partial charge is 0.154 e. The Hall–Kier alpha value is -1.62. The lowest BCUT2D eigenvalue weighted by atomic mass is 10.2. The fourth-order valence-corrected chi connectivity index (χ4v) is 2.82. The van der Waals surface area contributed by atoms with Gasteiger partial charge in [0.25, 0.3) is 0 Å². The van der Waals surface area contributed by atoms with Gasteiger partial charge in [-0.1, -0.05) is 0 Å². The van der Waals surface area contributed by atoms with Gasteiger partial charge in [0, 0.05) is 31.5 Å². The summed E-state index contributed by atoms with van der Waals surface area (Å²) in [6.45, 7) is 7.34. The van der Waals surface area contributed by atoms with Crippen LogP contribution in [0.25, 0.3) is 5.52 Å². The first-order valence-corrected chi connectivity index (χ1v) is 7.07. The van der Waals surface area contributed by atoms with Crippen LogP contribution in [0.5, 0.6) is 0 Å². The molecule has 1 aliphatic heterocycles. The highest BCUT2D eigenvalue weighted by atomic mass is 15.3. The first kappa shape index (κ1) is 12.4. The van der Waals surface area contributed by atoms with E-state index in [9.17, 15) is 0 Å². The van der Waals surface area contributed by atoms with Crippen molar-refractivity contribution in [2.75, 3.05) is 24.5 Å². The number of nitrogens with zero attached hydrogens (tertiary/aromatic N) is 4. The van der Waals surface area contributed by atoms with Gasteiger partial charge in [-0.15, -0.1) is 0 Å². The highest BCUT2D eigenvalue weighted by Gasteiger charge is 2.19. The minimum atomic E-state index is 0.589. The predicted octanol–water partition coefficient (Wildman–Crippen LogP) is 1.62. The molecule has 0 bridgehead atoms. The van der Waals surface area contributed by atoms with E-state index in [4.69, 9.17) is 0 Å². The maximum Gasteiger partial charge on any atom is 0.154 e. The zero-order chi connectivity index (χ0) is 13.2. The van der Waals surface area contributed by atoms with Crippen molar-refractivity contribution in [2.45, 2.75) is 32.7 Å². The minimum absolute atomic E-state index is 0.589. The molecule has 1 fully saturated rings. The van der Waals surface area contributed by atoms with Crippen LogP contribution in [-0.2, 0) is 0 Å². The summed E-state index contributed by atoms with van der Waals surface area (Å²) in [6.07, 6.45) is 6.29. The van der Waals surface area contributed by atoms with Crippen molar-refractivity contribution >= 4 is 11.3 Å². The minimum Gasteiger partial charge on any atom is -0.354 e. The van der Waals surface area contributed by atoms with Gasteiger partial charge in [-0.3, -0.25) is 0 Å². The summed E-state index contributed by atoms with van der Waals surface area (Å²) in [5, 5.41) is 8.01. The molecule has 5 nitrogen and oxygen atoms in total. The Morgan fingerprint density at radius 1 is 1.53 bits per heavy atom. The summed E-state index contributed by atoms with van der Waals surface area (Å²) in [6, 6.07) is 2.69. The van der Waals surface area contributed by atoms with E-state index in [0.29, 0.717) is 6.04 Å². The molecule has 1 atom stereocenters. The van der Waals surface area contributed by atoms with E-state index in [2.05, 4.69) is 33.3 Å². The predicted molar refractivity (Wildman–Crippen MR) is 76.6 cm³/mol. The lowest BCUT2D eigenvalue weighted by molar-refractivity contribution is 0.584. The second-order valence-electron chi connectivity index (χ2n) is 5.20. The van der Waals surface area contributed by atoms with Crippen molar-refractivity contribution in [2.24, 2.45) is 0 Å². The number of aromatic nitrogens is 3. The highest BCUT2D eigenvalue weighted by molar-refractivity contribution is 5.69. The molecule has 0 radical (unpaired) electrons. The fraction of sp³-hybridized carbons (Fsp3) is 0.571. The van der Waals surface area contributed by atoms with Crippen molar-refractivity contribution in [3.63, 3.8) is 0 Å². The summed E-state index contributed by atoms with van der Waals surface area (Å²) >= 11 is 0. The molecule has 2 aromatic heterocycles. The van der Waals surface area contributed by atoms with Gasteiger partial charge in [-0.25, -0.2) is 9.50 Å². The Morgan fingerprint density at radius 3 is 3.16 bits per heavy atom. The van der Waals surface area contributed by atoms with Gasteiger partial charge in [-0.2, -0.15) is 5.10 Å². The number of rotatable bonds is 4. The third kappa shape index (κ3) is 2.42. The number of aryl methyl sites for hydroxylation is 1. The first-order valence-electron chi connectivity index (χ1n) is 7.07. The Bertz CT molecular complexity index is 556. The average molecular weight is 259 g/mol. The van der Waals surface area contributed by atoms with Crippen LogP contribution in [-0.4, -0.2) is 40.3 Å². The third-order valence-electron chi connectivity index (χ3n) is 3.78. The van der Waals surface area contributed by atoms with Crippen molar-refractivity contribution in [3.05, 3.63) is 24.2 Å². The van der Waals surface area contributed by atoms with Gasteiger partial charge in [0.2, 0.25) is 0 Å². The van der Waals surface area contributed by atoms with Gasteiger partial charge >= 0.3 is 0 Å². The van der Waals surface area contributed by atoms with Gasteiger partial charge in [0.15, 0.2) is 5.82 Å². The zero-order valence-electron chi connectivity index (χ0n) is 11.6. The Labute approximate surface area is 113 Å². The zero-order valence-corrected chi connectivity index (χ0v) is 11.6. The lowest BCUT2D eigenvalue weighted by Gasteiger charge is -2.25. The van der Waals surface area contributed by atoms with Crippen LogP contribution >= 0.6 is 0 Å². The number of likely N-dealkylation sites (N-methyl/N-ethyl adjacent to an activating group) is 1. The molecule has 0 saturated carbocycles. The fourth-order valence-electron chi connectivity index (χ4n) is 2.82. The van der Waals surface area contributed by atoms with Crippen LogP contribution in [0.1, 0.15) is 25.5 Å². The Morgan fingerprint density at radius 2 is 2.42 bits per heavy atom. The van der Waals surface area contributed by atoms with E-state index >= 15 is 0 Å². The summed E-state index contributed by atoms with van der Waals surface area (Å²) in [4.78, 5) is 6.92. The van der Waals surface area contributed by atoms with E-state index in [-0.39, 0.29) is 0 Å². The Kier molecular flexibility index (Phi) is 3.38. The second-order valence-corrected chi connectivity index (χ2v) is 5.20. The molecule has 1 saturated heterocycles. The van der Waals surface area contributed by atoms with Crippen molar-refractivity contribution < 1.29 is 0 Å². The van der Waals surface area contributed by atoms with Gasteiger partial charge in [-0.05, 0) is 39.3 Å². The van der Waals surface area contributed by atoms with E-state index in [0.717, 1.165) is 36.7 Å². The topological polar surface area (TPSA) is 45.5 Å². The molecule has 5 heteroatoms. The highest BCUT2D eigenvalue weighted by Crippen LogP contribution is 2.20. The molecule has 2 aromatic rings. The van der Waals surface area contributed by atoms with Crippen LogP contribution in [0.3, 0.4) is 0 Å². The summed E-state index contributed by atoms with van der Waals surface area (Å²) < 4.78 is 1.92. The van der Waals surface area contributed by atoms with E-state index in [1.165, 1.54) is 12.8 Å². The number of hydrogen-bond donors (Lipinski definition) is 1. The maximum absolute atomic E-state index is 4.57. The molecule has 0 amide bonds. The quantitative estimate of drug-likeness (QED) is 0.906. The molecule has 1 unspecified atom stereocenters. The van der Waals surface area contributed by atoms with Crippen LogP contribution in [0.15, 0.2) is 18.5 Å². The molecule has 0 aromatic carbocycles. The van der Waals surface area contributed by atoms with Crippen molar-refractivity contribution in [1.29, 1.82) is 0 Å². The van der Waals surface area contributed by atoms with Crippen LogP contribution in [0.4, 0.5) is 5.82 Å². The normalized spacial score (nSPS) is 19.2. The van der Waals surface area contributed by atoms with Crippen LogP contribution in [0.2, 0.25) is 0 Å². The number of fused-ring (bicyclic) bond motifs is 1. The Balaban J connectivity index is 1.91. The van der Waals surface area contributed by atoms with Gasteiger partial charge in [0.05, 0.1) is 5.69 Å². The number of nitrogens with one attached hydrogen (secondary N) is 1. The number of anilines is 1. The SMILES string of the molecule is CCN(CC1CCCN1)c1nccn2nc(C)cc12. The van der Waals surface area contributed by atoms with E-state index < -0.39 is 0 Å². The second kappa shape index (κ2) is 5.17. The van der Waals surface area contributed by atoms with E-state index in [1.54, 1.807) is 0 Å². The third-order valence-corrected chi connectivity index (χ3v) is 3.78. The maximum atomic E-state index is 4.57. The standard InChI is InChI=1S/C14H21N5/c1-3-18(10-12-5-4-6-15-12)14-13-9-11(2)17-19(13)8-7-16-14/h7-9,12,15H,3-6,10H2,1-2H3. The molecular weight excluding hydrogens is 238 g/mol. The molecule has 0 aliphatic carbocycles. The molecular formula is C14H21N5. The molecule has 19 heavy (non-hydrogen) atoms. The van der Waals surface area contributed by atoms with E-state index in [1.807, 2.05) is 23.8 Å². The van der Waals surface area contributed by atoms with Crippen LogP contribution in [0, 0.1) is 6.92 Å². The molecule has 102 valence electrons. The molecule has 3 rings (SSSR count). The largest absolute Gasteiger partial charge is 0.354 e. The van der Waals surface area contributed by atoms with Gasteiger partial charge < -0.3 is 10.2 Å². The van der Waals surface area contributed by atoms with Crippen molar-refractivity contribution in [3.8, 4) is 0 Å². The lowest BCUT2D eigenvalue weighted by Crippen LogP contribution is -2.38. The summed E-state index contributed by atoms with van der Waals surface area (Å²) in [7, 11) is 0. The molecule has 3 heterocycles. The van der Waals surface area contributed by atoms with Crippen LogP contribution < -0.4 is 10.2 Å². The molecule has 1 N–H and O–H groups in total. The van der Waals surface area contributed by atoms with Gasteiger partial charge in [0.1, 0.15) is 5.52 Å². The summed E-state index contributed by atoms with van der Waals surface area (Å²) in [5.41, 5.74) is 2.13. The molecule has 0 spiro atoms. The van der Waals surface area contributed by atoms with Crippen molar-refractivity contribution in [1.82, 2.24) is 19.9 Å².